The molecule has 78 valence electrons. The smallest absolute Gasteiger partial charge is 0.339 e. The lowest BCUT2D eigenvalue weighted by molar-refractivity contribution is 0.0693. The highest BCUT2D eigenvalue weighted by molar-refractivity contribution is 5.91. The lowest BCUT2D eigenvalue weighted by Gasteiger charge is -2.04. The molecule has 0 saturated heterocycles. The molecule has 0 aliphatic rings. The van der Waals surface area contributed by atoms with Crippen molar-refractivity contribution in [3.05, 3.63) is 29.3 Å². The van der Waals surface area contributed by atoms with Gasteiger partial charge in [-0.1, -0.05) is 11.8 Å². The van der Waals surface area contributed by atoms with Crippen LogP contribution in [-0.2, 0) is 0 Å². The number of ether oxygens (including phenoxy) is 1. The number of hydrogen-bond donors (Lipinski definition) is 2. The Morgan fingerprint density at radius 1 is 1.53 bits per heavy atom. The van der Waals surface area contributed by atoms with E-state index in [1.165, 1.54) is 19.2 Å². The molecule has 0 fully saturated rings. The first kappa shape index (κ1) is 11.1. The molecule has 0 atom stereocenters. The summed E-state index contributed by atoms with van der Waals surface area (Å²) in [5.74, 6) is 4.34. The number of hydrogen-bond acceptors (Lipinski definition) is 3. The van der Waals surface area contributed by atoms with Crippen molar-refractivity contribution in [2.75, 3.05) is 13.7 Å². The molecule has 0 saturated carbocycles. The molecule has 0 unspecified atom stereocenters. The number of carbonyl (C=O) groups is 1. The van der Waals surface area contributed by atoms with Crippen molar-refractivity contribution in [2.45, 2.75) is 0 Å². The fraction of sp³-hybridized carbons (Fsp3) is 0.182. The first-order chi connectivity index (χ1) is 7.19. The molecule has 0 bridgehead atoms. The zero-order valence-corrected chi connectivity index (χ0v) is 8.15. The fourth-order valence-corrected chi connectivity index (χ4v) is 1.09. The normalized spacial score (nSPS) is 8.93. The molecule has 1 rings (SSSR count). The Morgan fingerprint density at radius 3 is 2.80 bits per heavy atom. The average molecular weight is 206 g/mol. The standard InChI is InChI=1S/C11H10O4/c1-15-10-7-8(3-2-6-12)4-5-9(10)11(13)14/h4-5,7,12H,6H2,1H3,(H,13,14). The molecule has 2 N–H and O–H groups in total. The molecule has 4 heteroatoms. The van der Waals surface area contributed by atoms with Crippen LogP contribution in [0.2, 0.25) is 0 Å². The van der Waals surface area contributed by atoms with Crippen LogP contribution in [0.1, 0.15) is 15.9 Å². The van der Waals surface area contributed by atoms with Gasteiger partial charge in [0.1, 0.15) is 17.9 Å². The molecule has 4 nitrogen and oxygen atoms in total. The topological polar surface area (TPSA) is 66.8 Å². The van der Waals surface area contributed by atoms with Gasteiger partial charge < -0.3 is 14.9 Å². The van der Waals surface area contributed by atoms with E-state index in [1.54, 1.807) is 6.07 Å². The van der Waals surface area contributed by atoms with Crippen molar-refractivity contribution >= 4 is 5.97 Å². The van der Waals surface area contributed by atoms with Crippen LogP contribution in [0, 0.1) is 11.8 Å². The number of carboxylic acids is 1. The number of aliphatic hydroxyl groups is 1. The second-order valence-electron chi connectivity index (χ2n) is 2.68. The van der Waals surface area contributed by atoms with Gasteiger partial charge in [0.25, 0.3) is 0 Å². The summed E-state index contributed by atoms with van der Waals surface area (Å²) < 4.78 is 4.92. The quantitative estimate of drug-likeness (QED) is 0.700. The van der Waals surface area contributed by atoms with Crippen LogP contribution in [-0.4, -0.2) is 29.9 Å². The summed E-state index contributed by atoms with van der Waals surface area (Å²) in [7, 11) is 1.39. The number of rotatable bonds is 2. The molecule has 1 aromatic rings. The Labute approximate surface area is 87.1 Å². The van der Waals surface area contributed by atoms with Gasteiger partial charge in [0.2, 0.25) is 0 Å². The van der Waals surface area contributed by atoms with Crippen molar-refractivity contribution in [3.8, 4) is 17.6 Å². The van der Waals surface area contributed by atoms with Gasteiger partial charge in [0, 0.05) is 5.56 Å². The first-order valence-electron chi connectivity index (χ1n) is 4.20. The Balaban J connectivity index is 3.13. The van der Waals surface area contributed by atoms with E-state index in [0.717, 1.165) is 0 Å². The van der Waals surface area contributed by atoms with E-state index in [2.05, 4.69) is 11.8 Å². The summed E-state index contributed by atoms with van der Waals surface area (Å²) in [6.45, 7) is -0.233. The number of aromatic carboxylic acids is 1. The van der Waals surface area contributed by atoms with E-state index in [9.17, 15) is 4.79 Å². The van der Waals surface area contributed by atoms with Gasteiger partial charge in [-0.2, -0.15) is 0 Å². The Morgan fingerprint density at radius 2 is 2.27 bits per heavy atom. The fourth-order valence-electron chi connectivity index (χ4n) is 1.09. The lowest BCUT2D eigenvalue weighted by atomic mass is 10.1. The maximum Gasteiger partial charge on any atom is 0.339 e. The third-order valence-corrected chi connectivity index (χ3v) is 1.74. The van der Waals surface area contributed by atoms with Gasteiger partial charge in [0.15, 0.2) is 0 Å². The molecule has 15 heavy (non-hydrogen) atoms. The minimum absolute atomic E-state index is 0.0899. The second kappa shape index (κ2) is 5.03. The lowest BCUT2D eigenvalue weighted by Crippen LogP contribution is -2.00. The Hall–Kier alpha value is -1.99. The van der Waals surface area contributed by atoms with E-state index in [1.807, 2.05) is 0 Å². The van der Waals surface area contributed by atoms with Crippen molar-refractivity contribution in [3.63, 3.8) is 0 Å². The van der Waals surface area contributed by atoms with E-state index in [-0.39, 0.29) is 17.9 Å². The second-order valence-corrected chi connectivity index (χ2v) is 2.68. The monoisotopic (exact) mass is 206 g/mol. The zero-order valence-electron chi connectivity index (χ0n) is 8.15. The van der Waals surface area contributed by atoms with Crippen LogP contribution in [0.25, 0.3) is 0 Å². The maximum absolute atomic E-state index is 10.7. The SMILES string of the molecule is COc1cc(C#CCO)ccc1C(=O)O. The highest BCUT2D eigenvalue weighted by Crippen LogP contribution is 2.19. The van der Waals surface area contributed by atoms with Gasteiger partial charge >= 0.3 is 5.97 Å². The largest absolute Gasteiger partial charge is 0.496 e. The highest BCUT2D eigenvalue weighted by Gasteiger charge is 2.10. The number of benzene rings is 1. The third-order valence-electron chi connectivity index (χ3n) is 1.74. The summed E-state index contributed by atoms with van der Waals surface area (Å²) in [5, 5.41) is 17.3. The minimum Gasteiger partial charge on any atom is -0.496 e. The van der Waals surface area contributed by atoms with Crippen molar-refractivity contribution in [1.82, 2.24) is 0 Å². The van der Waals surface area contributed by atoms with Crippen molar-refractivity contribution in [2.24, 2.45) is 0 Å². The summed E-state index contributed by atoms with van der Waals surface area (Å²) in [5.41, 5.74) is 0.693. The van der Waals surface area contributed by atoms with Crippen LogP contribution in [0.4, 0.5) is 0 Å². The van der Waals surface area contributed by atoms with Crippen LogP contribution >= 0.6 is 0 Å². The maximum atomic E-state index is 10.7. The van der Waals surface area contributed by atoms with Gasteiger partial charge in [0.05, 0.1) is 7.11 Å². The summed E-state index contributed by atoms with van der Waals surface area (Å²) in [6.07, 6.45) is 0. The number of methoxy groups -OCH3 is 1. The van der Waals surface area contributed by atoms with Crippen molar-refractivity contribution in [1.29, 1.82) is 0 Å². The third kappa shape index (κ3) is 2.73. The van der Waals surface area contributed by atoms with Crippen molar-refractivity contribution < 1.29 is 19.7 Å². The number of aliphatic hydroxyl groups excluding tert-OH is 1. The minimum atomic E-state index is -1.05. The molecule has 0 aliphatic carbocycles. The van der Waals surface area contributed by atoms with Crippen LogP contribution in [0.3, 0.4) is 0 Å². The van der Waals surface area contributed by atoms with Gasteiger partial charge in [-0.25, -0.2) is 4.79 Å². The molecular formula is C11H10O4. The highest BCUT2D eigenvalue weighted by atomic mass is 16.5. The molecule has 1 aromatic carbocycles. The molecule has 0 amide bonds. The van der Waals surface area contributed by atoms with E-state index in [4.69, 9.17) is 14.9 Å². The van der Waals surface area contributed by atoms with Crippen LogP contribution < -0.4 is 4.74 Å². The van der Waals surface area contributed by atoms with Gasteiger partial charge in [-0.3, -0.25) is 0 Å². The molecule has 0 aliphatic heterocycles. The Kier molecular flexibility index (Phi) is 3.72. The first-order valence-corrected chi connectivity index (χ1v) is 4.20. The molecular weight excluding hydrogens is 196 g/mol. The predicted octanol–water partition coefficient (Wildman–Crippen LogP) is 0.737. The summed E-state index contributed by atoms with van der Waals surface area (Å²) >= 11 is 0. The predicted molar refractivity (Wildman–Crippen MR) is 53.9 cm³/mol. The molecule has 0 radical (unpaired) electrons. The van der Waals surface area contributed by atoms with E-state index < -0.39 is 5.97 Å². The van der Waals surface area contributed by atoms with E-state index in [0.29, 0.717) is 5.56 Å². The number of carboxylic acid groups (broad SMARTS) is 1. The molecule has 0 aromatic heterocycles. The van der Waals surface area contributed by atoms with Gasteiger partial charge in [-0.05, 0) is 18.2 Å². The average Bonchev–Trinajstić information content (AvgIpc) is 2.25. The van der Waals surface area contributed by atoms with E-state index >= 15 is 0 Å². The van der Waals surface area contributed by atoms with Crippen LogP contribution in [0.5, 0.6) is 5.75 Å². The summed E-state index contributed by atoms with van der Waals surface area (Å²) in [6, 6.07) is 4.50. The zero-order chi connectivity index (χ0) is 11.3. The Bertz CT molecular complexity index is 426. The molecule has 0 heterocycles. The molecule has 0 spiro atoms. The van der Waals surface area contributed by atoms with Crippen LogP contribution in [0.15, 0.2) is 18.2 Å². The summed E-state index contributed by atoms with van der Waals surface area (Å²) in [4.78, 5) is 10.7. The van der Waals surface area contributed by atoms with Gasteiger partial charge in [-0.15, -0.1) is 0 Å².